The lowest BCUT2D eigenvalue weighted by Crippen LogP contribution is -2.25. The van der Waals surface area contributed by atoms with Gasteiger partial charge in [-0.2, -0.15) is 0 Å². The molecule has 20 heavy (non-hydrogen) atoms. The van der Waals surface area contributed by atoms with Crippen LogP contribution in [0.3, 0.4) is 0 Å². The predicted molar refractivity (Wildman–Crippen MR) is 77.7 cm³/mol. The van der Waals surface area contributed by atoms with Gasteiger partial charge in [0.1, 0.15) is 6.33 Å². The third kappa shape index (κ3) is 2.80. The summed E-state index contributed by atoms with van der Waals surface area (Å²) in [6.45, 7) is 3.04. The fourth-order valence-electron chi connectivity index (χ4n) is 2.72. The highest BCUT2D eigenvalue weighted by atomic mass is 16.5. The maximum atomic E-state index is 5.35. The normalized spacial score (nSPS) is 15.4. The summed E-state index contributed by atoms with van der Waals surface area (Å²) in [5.74, 6) is 0.733. The molecule has 4 heteroatoms. The van der Waals surface area contributed by atoms with Crippen molar-refractivity contribution in [2.24, 2.45) is 0 Å². The van der Waals surface area contributed by atoms with Gasteiger partial charge in [0.2, 0.25) is 5.88 Å². The van der Waals surface area contributed by atoms with Crippen LogP contribution in [0.1, 0.15) is 16.8 Å². The van der Waals surface area contributed by atoms with E-state index in [-0.39, 0.29) is 0 Å². The SMILES string of the molecule is COc1ncnc2c1CCN(Cc1ccccc1)CC2. The molecule has 1 aromatic heterocycles. The first-order chi connectivity index (χ1) is 9.86. The lowest BCUT2D eigenvalue weighted by Gasteiger charge is -2.19. The fourth-order valence-corrected chi connectivity index (χ4v) is 2.72. The molecule has 2 aromatic rings. The van der Waals surface area contributed by atoms with Gasteiger partial charge in [0.15, 0.2) is 0 Å². The van der Waals surface area contributed by atoms with Crippen LogP contribution < -0.4 is 4.74 Å². The minimum Gasteiger partial charge on any atom is -0.481 e. The molecule has 1 aromatic carbocycles. The quantitative estimate of drug-likeness (QED) is 0.855. The highest BCUT2D eigenvalue weighted by Crippen LogP contribution is 2.22. The summed E-state index contributed by atoms with van der Waals surface area (Å²) in [4.78, 5) is 11.1. The molecule has 0 atom stereocenters. The van der Waals surface area contributed by atoms with Crippen molar-refractivity contribution in [3.63, 3.8) is 0 Å². The number of ether oxygens (including phenoxy) is 1. The topological polar surface area (TPSA) is 38.3 Å². The Bertz CT molecular complexity index is 571. The second-order valence-corrected chi connectivity index (χ2v) is 5.07. The summed E-state index contributed by atoms with van der Waals surface area (Å²) >= 11 is 0. The Morgan fingerprint density at radius 3 is 2.70 bits per heavy atom. The Morgan fingerprint density at radius 2 is 1.90 bits per heavy atom. The Morgan fingerprint density at radius 1 is 1.10 bits per heavy atom. The van der Waals surface area contributed by atoms with Gasteiger partial charge in [-0.15, -0.1) is 0 Å². The van der Waals surface area contributed by atoms with E-state index in [1.54, 1.807) is 13.4 Å². The predicted octanol–water partition coefficient (Wildman–Crippen LogP) is 2.09. The molecule has 104 valence electrons. The van der Waals surface area contributed by atoms with E-state index in [1.807, 2.05) is 0 Å². The number of hydrogen-bond acceptors (Lipinski definition) is 4. The Labute approximate surface area is 119 Å². The van der Waals surface area contributed by atoms with Crippen LogP contribution in [0.4, 0.5) is 0 Å². The Hall–Kier alpha value is -1.94. The van der Waals surface area contributed by atoms with Crippen molar-refractivity contribution in [3.8, 4) is 5.88 Å². The van der Waals surface area contributed by atoms with Crippen molar-refractivity contribution >= 4 is 0 Å². The van der Waals surface area contributed by atoms with Crippen molar-refractivity contribution in [1.82, 2.24) is 14.9 Å². The second kappa shape index (κ2) is 6.01. The van der Waals surface area contributed by atoms with Gasteiger partial charge < -0.3 is 4.74 Å². The Balaban J connectivity index is 1.73. The van der Waals surface area contributed by atoms with E-state index in [0.29, 0.717) is 0 Å². The first-order valence-electron chi connectivity index (χ1n) is 7.00. The molecule has 0 N–H and O–H groups in total. The number of fused-ring (bicyclic) bond motifs is 1. The van der Waals surface area contributed by atoms with Crippen molar-refractivity contribution in [2.75, 3.05) is 20.2 Å². The summed E-state index contributed by atoms with van der Waals surface area (Å²) in [5.41, 5.74) is 3.66. The molecule has 2 heterocycles. The fraction of sp³-hybridized carbons (Fsp3) is 0.375. The van der Waals surface area contributed by atoms with Gasteiger partial charge in [0.25, 0.3) is 0 Å². The van der Waals surface area contributed by atoms with Crippen molar-refractivity contribution in [3.05, 3.63) is 53.5 Å². The van der Waals surface area contributed by atoms with Gasteiger partial charge in [-0.1, -0.05) is 30.3 Å². The van der Waals surface area contributed by atoms with Crippen molar-refractivity contribution < 1.29 is 4.74 Å². The molecule has 4 nitrogen and oxygen atoms in total. The van der Waals surface area contributed by atoms with Crippen LogP contribution in [0.5, 0.6) is 5.88 Å². The van der Waals surface area contributed by atoms with Gasteiger partial charge in [-0.25, -0.2) is 9.97 Å². The Kier molecular flexibility index (Phi) is 3.92. The number of nitrogens with zero attached hydrogens (tertiary/aromatic N) is 3. The molecule has 0 saturated carbocycles. The van der Waals surface area contributed by atoms with Crippen LogP contribution >= 0.6 is 0 Å². The van der Waals surface area contributed by atoms with E-state index in [4.69, 9.17) is 4.74 Å². The molecule has 0 spiro atoms. The van der Waals surface area contributed by atoms with E-state index >= 15 is 0 Å². The van der Waals surface area contributed by atoms with Crippen LogP contribution in [-0.2, 0) is 19.4 Å². The molecule has 0 amide bonds. The summed E-state index contributed by atoms with van der Waals surface area (Å²) in [6.07, 6.45) is 3.51. The maximum Gasteiger partial charge on any atom is 0.219 e. The van der Waals surface area contributed by atoms with Gasteiger partial charge in [-0.3, -0.25) is 4.90 Å². The highest BCUT2D eigenvalue weighted by Gasteiger charge is 2.18. The summed E-state index contributed by atoms with van der Waals surface area (Å²) in [7, 11) is 1.68. The monoisotopic (exact) mass is 269 g/mol. The zero-order valence-corrected chi connectivity index (χ0v) is 11.7. The minimum absolute atomic E-state index is 0.733. The molecule has 0 bridgehead atoms. The van der Waals surface area contributed by atoms with Crippen molar-refractivity contribution in [2.45, 2.75) is 19.4 Å². The molecule has 0 radical (unpaired) electrons. The zero-order valence-electron chi connectivity index (χ0n) is 11.7. The average Bonchev–Trinajstić information content (AvgIpc) is 2.71. The van der Waals surface area contributed by atoms with Crippen LogP contribution in [0.25, 0.3) is 0 Å². The van der Waals surface area contributed by atoms with E-state index in [2.05, 4.69) is 45.2 Å². The van der Waals surface area contributed by atoms with Crippen molar-refractivity contribution in [1.29, 1.82) is 0 Å². The van der Waals surface area contributed by atoms with Crippen LogP contribution in [0.15, 0.2) is 36.7 Å². The average molecular weight is 269 g/mol. The third-order valence-electron chi connectivity index (χ3n) is 3.78. The number of rotatable bonds is 3. The van der Waals surface area contributed by atoms with E-state index in [9.17, 15) is 0 Å². The smallest absolute Gasteiger partial charge is 0.219 e. The summed E-state index contributed by atoms with van der Waals surface area (Å²) < 4.78 is 5.35. The van der Waals surface area contributed by atoms with Crippen LogP contribution in [0.2, 0.25) is 0 Å². The molecule has 0 aliphatic carbocycles. The first-order valence-corrected chi connectivity index (χ1v) is 7.00. The third-order valence-corrected chi connectivity index (χ3v) is 3.78. The lowest BCUT2D eigenvalue weighted by molar-refractivity contribution is 0.278. The number of hydrogen-bond donors (Lipinski definition) is 0. The van der Waals surface area contributed by atoms with Crippen LogP contribution in [0, 0.1) is 0 Å². The summed E-state index contributed by atoms with van der Waals surface area (Å²) in [5, 5.41) is 0. The van der Waals surface area contributed by atoms with Gasteiger partial charge in [0.05, 0.1) is 12.8 Å². The van der Waals surface area contributed by atoms with E-state index < -0.39 is 0 Å². The summed E-state index contributed by atoms with van der Waals surface area (Å²) in [6, 6.07) is 10.6. The molecule has 1 aliphatic heterocycles. The van der Waals surface area contributed by atoms with Gasteiger partial charge in [0, 0.05) is 31.6 Å². The molecule has 0 unspecified atom stereocenters. The van der Waals surface area contributed by atoms with Gasteiger partial charge >= 0.3 is 0 Å². The molecular formula is C16H19N3O. The molecule has 0 fully saturated rings. The maximum absolute atomic E-state index is 5.35. The molecular weight excluding hydrogens is 250 g/mol. The number of methoxy groups -OCH3 is 1. The molecule has 1 aliphatic rings. The van der Waals surface area contributed by atoms with Gasteiger partial charge in [-0.05, 0) is 12.0 Å². The number of aromatic nitrogens is 2. The largest absolute Gasteiger partial charge is 0.481 e. The zero-order chi connectivity index (χ0) is 13.8. The second-order valence-electron chi connectivity index (χ2n) is 5.07. The number of benzene rings is 1. The first kappa shape index (κ1) is 13.1. The van der Waals surface area contributed by atoms with Crippen LogP contribution in [-0.4, -0.2) is 35.1 Å². The minimum atomic E-state index is 0.733. The molecule has 0 saturated heterocycles. The molecule has 3 rings (SSSR count). The van der Waals surface area contributed by atoms with E-state index in [0.717, 1.165) is 44.0 Å². The highest BCUT2D eigenvalue weighted by molar-refractivity contribution is 5.31. The van der Waals surface area contributed by atoms with E-state index in [1.165, 1.54) is 11.1 Å². The lowest BCUT2D eigenvalue weighted by atomic mass is 10.1. The standard InChI is InChI=1S/C16H19N3O/c1-20-16-14-7-9-19(10-8-15(14)17-12-18-16)11-13-5-3-2-4-6-13/h2-6,12H,7-11H2,1H3.